The van der Waals surface area contributed by atoms with Crippen LogP contribution in [-0.4, -0.2) is 19.5 Å². The maximum Gasteiger partial charge on any atom is 0.263 e. The van der Waals surface area contributed by atoms with Gasteiger partial charge in [0.25, 0.3) is 15.9 Å². The van der Waals surface area contributed by atoms with Gasteiger partial charge >= 0.3 is 0 Å². The number of nitrogens with one attached hydrogen (secondary N) is 2. The number of rotatable bonds is 5. The van der Waals surface area contributed by atoms with Crippen molar-refractivity contribution >= 4 is 39.0 Å². The van der Waals surface area contributed by atoms with Crippen LogP contribution in [0.2, 0.25) is 5.02 Å². The van der Waals surface area contributed by atoms with Gasteiger partial charge in [-0.15, -0.1) is 0 Å². The van der Waals surface area contributed by atoms with Gasteiger partial charge in [0.15, 0.2) is 5.82 Å². The lowest BCUT2D eigenvalue weighted by Crippen LogP contribution is -2.16. The maximum atomic E-state index is 12.4. The lowest BCUT2D eigenvalue weighted by atomic mass is 10.2. The summed E-state index contributed by atoms with van der Waals surface area (Å²) < 4.78 is 32.0. The zero-order valence-corrected chi connectivity index (χ0v) is 15.1. The zero-order chi connectivity index (χ0) is 18.7. The number of carbonyl (C=O) groups is 1. The Kier molecular flexibility index (Phi) is 4.97. The van der Waals surface area contributed by atoms with Crippen LogP contribution in [0.3, 0.4) is 0 Å². The molecule has 0 saturated heterocycles. The molecule has 0 aliphatic carbocycles. The first-order valence-electron chi connectivity index (χ1n) is 7.47. The summed E-state index contributed by atoms with van der Waals surface area (Å²) in [5.41, 5.74) is 0.691. The molecule has 9 heteroatoms. The molecule has 1 amide bonds. The first-order valence-corrected chi connectivity index (χ1v) is 9.33. The third kappa shape index (κ3) is 4.22. The first-order chi connectivity index (χ1) is 12.3. The lowest BCUT2D eigenvalue weighted by molar-refractivity contribution is 0.102. The van der Waals surface area contributed by atoms with Crippen LogP contribution in [0.4, 0.5) is 11.5 Å². The largest absolute Gasteiger partial charge is 0.360 e. The van der Waals surface area contributed by atoms with Crippen LogP contribution in [0.15, 0.2) is 64.0 Å². The SMILES string of the molecule is Cc1cc(NS(=O)(=O)c2cccc(C(=O)Nc3cccc(Cl)c3)c2)no1. The van der Waals surface area contributed by atoms with E-state index in [-0.39, 0.29) is 16.3 Å². The predicted molar refractivity (Wildman–Crippen MR) is 97.9 cm³/mol. The standard InChI is InChI=1S/C17H14ClN3O4S/c1-11-8-16(20-25-11)21-26(23,24)15-7-2-4-12(9-15)17(22)19-14-6-3-5-13(18)10-14/h2-10H,1H3,(H,19,22)(H,20,21). The molecule has 0 bridgehead atoms. The van der Waals surface area contributed by atoms with Crippen molar-refractivity contribution < 1.29 is 17.7 Å². The quantitative estimate of drug-likeness (QED) is 0.690. The van der Waals surface area contributed by atoms with Gasteiger partial charge in [-0.3, -0.25) is 9.52 Å². The highest BCUT2D eigenvalue weighted by Gasteiger charge is 2.18. The van der Waals surface area contributed by atoms with E-state index in [1.807, 2.05) is 0 Å². The second-order valence-corrected chi connectivity index (χ2v) is 7.54. The van der Waals surface area contributed by atoms with Crippen LogP contribution in [0, 0.1) is 6.92 Å². The van der Waals surface area contributed by atoms with Crippen LogP contribution in [0.5, 0.6) is 0 Å². The third-order valence-corrected chi connectivity index (χ3v) is 4.94. The molecule has 3 aromatic rings. The maximum absolute atomic E-state index is 12.4. The molecule has 26 heavy (non-hydrogen) atoms. The van der Waals surface area contributed by atoms with E-state index in [4.69, 9.17) is 16.1 Å². The van der Waals surface area contributed by atoms with Gasteiger partial charge in [-0.25, -0.2) is 8.42 Å². The van der Waals surface area contributed by atoms with Crippen molar-refractivity contribution in [1.82, 2.24) is 5.16 Å². The van der Waals surface area contributed by atoms with E-state index in [2.05, 4.69) is 15.2 Å². The summed E-state index contributed by atoms with van der Waals surface area (Å²) in [5, 5.41) is 6.73. The number of aromatic nitrogens is 1. The normalized spacial score (nSPS) is 11.2. The molecule has 1 heterocycles. The number of hydrogen-bond donors (Lipinski definition) is 2. The summed E-state index contributed by atoms with van der Waals surface area (Å²) >= 11 is 5.89. The molecule has 134 valence electrons. The van der Waals surface area contributed by atoms with Gasteiger partial charge in [-0.2, -0.15) is 0 Å². The van der Waals surface area contributed by atoms with Crippen molar-refractivity contribution in [3.05, 3.63) is 70.9 Å². The van der Waals surface area contributed by atoms with Crippen molar-refractivity contribution in [1.29, 1.82) is 0 Å². The van der Waals surface area contributed by atoms with Gasteiger partial charge in [0.1, 0.15) is 5.76 Å². The summed E-state index contributed by atoms with van der Waals surface area (Å²) in [6.07, 6.45) is 0. The molecular weight excluding hydrogens is 378 g/mol. The van der Waals surface area contributed by atoms with Crippen molar-refractivity contribution in [2.75, 3.05) is 10.0 Å². The Hall–Kier alpha value is -2.84. The second-order valence-electron chi connectivity index (χ2n) is 5.42. The van der Waals surface area contributed by atoms with E-state index in [9.17, 15) is 13.2 Å². The molecule has 2 N–H and O–H groups in total. The van der Waals surface area contributed by atoms with Crippen molar-refractivity contribution in [2.45, 2.75) is 11.8 Å². The van der Waals surface area contributed by atoms with Gasteiger partial charge in [0.2, 0.25) is 0 Å². The molecule has 7 nitrogen and oxygen atoms in total. The monoisotopic (exact) mass is 391 g/mol. The van der Waals surface area contributed by atoms with E-state index in [1.54, 1.807) is 31.2 Å². The van der Waals surface area contributed by atoms with Crippen LogP contribution in [0.1, 0.15) is 16.1 Å². The van der Waals surface area contributed by atoms with Gasteiger partial charge in [-0.1, -0.05) is 28.9 Å². The Morgan fingerprint density at radius 2 is 1.88 bits per heavy atom. The first kappa shape index (κ1) is 18.0. The molecule has 0 saturated carbocycles. The van der Waals surface area contributed by atoms with E-state index in [0.717, 1.165) is 0 Å². The number of amides is 1. The van der Waals surface area contributed by atoms with Crippen LogP contribution < -0.4 is 10.0 Å². The fourth-order valence-electron chi connectivity index (χ4n) is 2.19. The van der Waals surface area contributed by atoms with Gasteiger partial charge in [0.05, 0.1) is 4.90 Å². The molecule has 0 spiro atoms. The molecule has 0 atom stereocenters. The molecule has 0 fully saturated rings. The molecular formula is C17H14ClN3O4S. The summed E-state index contributed by atoms with van der Waals surface area (Å²) in [6.45, 7) is 1.64. The Bertz CT molecular complexity index is 1060. The molecule has 1 aromatic heterocycles. The van der Waals surface area contributed by atoms with Crippen molar-refractivity contribution in [3.8, 4) is 0 Å². The van der Waals surface area contributed by atoms with E-state index < -0.39 is 15.9 Å². The number of aryl methyl sites for hydroxylation is 1. The summed E-state index contributed by atoms with van der Waals surface area (Å²) in [7, 11) is -3.91. The van der Waals surface area contributed by atoms with Gasteiger partial charge < -0.3 is 9.84 Å². The highest BCUT2D eigenvalue weighted by Crippen LogP contribution is 2.19. The number of hydrogen-bond acceptors (Lipinski definition) is 5. The Balaban J connectivity index is 1.82. The molecule has 0 aliphatic heterocycles. The zero-order valence-electron chi connectivity index (χ0n) is 13.6. The fourth-order valence-corrected chi connectivity index (χ4v) is 3.40. The highest BCUT2D eigenvalue weighted by atomic mass is 35.5. The summed E-state index contributed by atoms with van der Waals surface area (Å²) in [4.78, 5) is 12.3. The van der Waals surface area contributed by atoms with E-state index in [1.165, 1.54) is 30.3 Å². The molecule has 0 radical (unpaired) electrons. The van der Waals surface area contributed by atoms with E-state index >= 15 is 0 Å². The second kappa shape index (κ2) is 7.19. The number of benzene rings is 2. The van der Waals surface area contributed by atoms with Gasteiger partial charge in [-0.05, 0) is 43.3 Å². The molecule has 2 aromatic carbocycles. The molecule has 3 rings (SSSR count). The third-order valence-electron chi connectivity index (χ3n) is 3.36. The number of nitrogens with zero attached hydrogens (tertiary/aromatic N) is 1. The number of halogens is 1. The highest BCUT2D eigenvalue weighted by molar-refractivity contribution is 7.92. The Morgan fingerprint density at radius 1 is 1.12 bits per heavy atom. The minimum Gasteiger partial charge on any atom is -0.360 e. The van der Waals surface area contributed by atoms with Crippen LogP contribution >= 0.6 is 11.6 Å². The van der Waals surface area contributed by atoms with Crippen LogP contribution in [-0.2, 0) is 10.0 Å². The number of carbonyl (C=O) groups excluding carboxylic acids is 1. The number of anilines is 2. The summed E-state index contributed by atoms with van der Waals surface area (Å²) in [5.74, 6) is 0.0789. The minimum absolute atomic E-state index is 0.0660. The smallest absolute Gasteiger partial charge is 0.263 e. The average molecular weight is 392 g/mol. The van der Waals surface area contributed by atoms with E-state index in [0.29, 0.717) is 16.5 Å². The predicted octanol–water partition coefficient (Wildman–Crippen LogP) is 3.69. The fraction of sp³-hybridized carbons (Fsp3) is 0.0588. The summed E-state index contributed by atoms with van der Waals surface area (Å²) in [6, 6.07) is 13.8. The molecule has 0 aliphatic rings. The Morgan fingerprint density at radius 3 is 2.58 bits per heavy atom. The van der Waals surface area contributed by atoms with Crippen molar-refractivity contribution in [2.24, 2.45) is 0 Å². The number of sulfonamides is 1. The average Bonchev–Trinajstić information content (AvgIpc) is 2.99. The van der Waals surface area contributed by atoms with Gasteiger partial charge in [0, 0.05) is 22.3 Å². The molecule has 0 unspecified atom stereocenters. The minimum atomic E-state index is -3.91. The van der Waals surface area contributed by atoms with Crippen LogP contribution in [0.25, 0.3) is 0 Å². The topological polar surface area (TPSA) is 101 Å². The lowest BCUT2D eigenvalue weighted by Gasteiger charge is -2.08. The van der Waals surface area contributed by atoms with Crippen molar-refractivity contribution in [3.63, 3.8) is 0 Å². The Labute approximate surface area is 155 Å².